The van der Waals surface area contributed by atoms with E-state index >= 15 is 0 Å². The number of nitrogens with zero attached hydrogens (tertiary/aromatic N) is 5. The Morgan fingerprint density at radius 3 is 2.64 bits per heavy atom. The van der Waals surface area contributed by atoms with Gasteiger partial charge in [-0.25, -0.2) is 14.6 Å². The first-order valence-corrected chi connectivity index (χ1v) is 9.38. The molecule has 1 aliphatic rings. The van der Waals surface area contributed by atoms with Crippen LogP contribution in [-0.4, -0.2) is 50.7 Å². The van der Waals surface area contributed by atoms with Gasteiger partial charge in [0.05, 0.1) is 11.6 Å². The summed E-state index contributed by atoms with van der Waals surface area (Å²) in [5.41, 5.74) is 1.85. The Balaban J connectivity index is 1.71. The van der Waals surface area contributed by atoms with Crippen LogP contribution in [0.25, 0.3) is 17.4 Å². The van der Waals surface area contributed by atoms with E-state index in [1.54, 1.807) is 10.7 Å². The standard InChI is InChI=1S/C20H24N6O2/c1-12-9-13(2)26(24-12)18-10-17(22-20(27)15-7-8-25(4)11-15)21-19(23-18)16-6-5-14(3)28-16/h5-6,9-10,15H,7-8,11H2,1-4H3,(H,21,22,23,27)/t15-/m1/s1. The third-order valence-electron chi connectivity index (χ3n) is 4.91. The quantitative estimate of drug-likeness (QED) is 0.749. The normalized spacial score (nSPS) is 17.2. The van der Waals surface area contributed by atoms with Crippen molar-refractivity contribution >= 4 is 11.7 Å². The summed E-state index contributed by atoms with van der Waals surface area (Å²) in [6, 6.07) is 7.41. The van der Waals surface area contributed by atoms with Crippen molar-refractivity contribution in [3.63, 3.8) is 0 Å². The minimum Gasteiger partial charge on any atom is -0.458 e. The van der Waals surface area contributed by atoms with E-state index in [9.17, 15) is 4.79 Å². The molecule has 28 heavy (non-hydrogen) atoms. The average Bonchev–Trinajstić information content (AvgIpc) is 3.35. The molecule has 1 fully saturated rings. The lowest BCUT2D eigenvalue weighted by Gasteiger charge is -2.13. The van der Waals surface area contributed by atoms with Crippen molar-refractivity contribution in [3.05, 3.63) is 41.4 Å². The minimum absolute atomic E-state index is 0.0241. The first kappa shape index (κ1) is 18.4. The van der Waals surface area contributed by atoms with E-state index in [-0.39, 0.29) is 11.8 Å². The zero-order valence-corrected chi connectivity index (χ0v) is 16.6. The van der Waals surface area contributed by atoms with Crippen molar-refractivity contribution in [2.45, 2.75) is 27.2 Å². The topological polar surface area (TPSA) is 89.1 Å². The second-order valence-electron chi connectivity index (χ2n) is 7.42. The maximum Gasteiger partial charge on any atom is 0.229 e. The number of nitrogens with one attached hydrogen (secondary N) is 1. The number of hydrogen-bond donors (Lipinski definition) is 1. The first-order chi connectivity index (χ1) is 13.4. The van der Waals surface area contributed by atoms with Crippen LogP contribution in [0.4, 0.5) is 5.82 Å². The van der Waals surface area contributed by atoms with Crippen molar-refractivity contribution in [3.8, 4) is 17.4 Å². The van der Waals surface area contributed by atoms with E-state index in [1.807, 2.05) is 46.0 Å². The minimum atomic E-state index is -0.0357. The van der Waals surface area contributed by atoms with Gasteiger partial charge in [0.15, 0.2) is 17.4 Å². The highest BCUT2D eigenvalue weighted by Crippen LogP contribution is 2.24. The van der Waals surface area contributed by atoms with Gasteiger partial charge in [0, 0.05) is 18.3 Å². The Bertz CT molecular complexity index is 1020. The number of furan rings is 1. The molecule has 1 amide bonds. The number of anilines is 1. The number of aryl methyl sites for hydroxylation is 3. The number of aromatic nitrogens is 4. The summed E-state index contributed by atoms with van der Waals surface area (Å²) in [6.45, 7) is 7.45. The van der Waals surface area contributed by atoms with Gasteiger partial charge in [-0.1, -0.05) is 0 Å². The molecule has 4 rings (SSSR count). The summed E-state index contributed by atoms with van der Waals surface area (Å²) in [7, 11) is 2.02. The lowest BCUT2D eigenvalue weighted by atomic mass is 10.1. The fourth-order valence-corrected chi connectivity index (χ4v) is 3.51. The molecule has 1 atom stereocenters. The smallest absolute Gasteiger partial charge is 0.229 e. The summed E-state index contributed by atoms with van der Waals surface area (Å²) in [5, 5.41) is 7.46. The maximum atomic E-state index is 12.7. The zero-order valence-electron chi connectivity index (χ0n) is 16.6. The van der Waals surface area contributed by atoms with Crippen molar-refractivity contribution in [1.82, 2.24) is 24.6 Å². The second kappa shape index (κ2) is 7.20. The van der Waals surface area contributed by atoms with E-state index in [2.05, 4.69) is 25.3 Å². The van der Waals surface area contributed by atoms with Gasteiger partial charge in [0.1, 0.15) is 11.6 Å². The largest absolute Gasteiger partial charge is 0.458 e. The van der Waals surface area contributed by atoms with Crippen LogP contribution in [0.15, 0.2) is 28.7 Å². The average molecular weight is 380 g/mol. The van der Waals surface area contributed by atoms with E-state index in [0.717, 1.165) is 36.7 Å². The summed E-state index contributed by atoms with van der Waals surface area (Å²) in [6.07, 6.45) is 0.849. The number of hydrogen-bond acceptors (Lipinski definition) is 6. The SMILES string of the molecule is Cc1cc(C)n(-c2cc(NC(=O)[C@@H]3CCN(C)C3)nc(-c3ccc(C)o3)n2)n1. The van der Waals surface area contributed by atoms with Crippen LogP contribution >= 0.6 is 0 Å². The van der Waals surface area contributed by atoms with Gasteiger partial charge in [-0.2, -0.15) is 5.10 Å². The molecule has 1 saturated heterocycles. The molecule has 4 heterocycles. The Morgan fingerprint density at radius 1 is 1.21 bits per heavy atom. The molecular weight excluding hydrogens is 356 g/mol. The molecule has 146 valence electrons. The highest BCUT2D eigenvalue weighted by molar-refractivity contribution is 5.92. The molecule has 1 N–H and O–H groups in total. The van der Waals surface area contributed by atoms with Crippen molar-refractivity contribution < 1.29 is 9.21 Å². The van der Waals surface area contributed by atoms with Gasteiger partial charge >= 0.3 is 0 Å². The molecule has 0 aliphatic carbocycles. The fourth-order valence-electron chi connectivity index (χ4n) is 3.51. The van der Waals surface area contributed by atoms with Crippen molar-refractivity contribution in [2.24, 2.45) is 5.92 Å². The Kier molecular flexibility index (Phi) is 4.72. The summed E-state index contributed by atoms with van der Waals surface area (Å²) in [5.74, 6) is 2.71. The van der Waals surface area contributed by atoms with Crippen LogP contribution in [0.3, 0.4) is 0 Å². The number of amides is 1. The number of rotatable bonds is 4. The lowest BCUT2D eigenvalue weighted by molar-refractivity contribution is -0.119. The molecule has 3 aromatic rings. The van der Waals surface area contributed by atoms with E-state index in [1.165, 1.54) is 0 Å². The predicted octanol–water partition coefficient (Wildman–Crippen LogP) is 2.74. The third kappa shape index (κ3) is 3.68. The number of likely N-dealkylation sites (tertiary alicyclic amines) is 1. The summed E-state index contributed by atoms with van der Waals surface area (Å²) < 4.78 is 7.44. The number of carbonyl (C=O) groups is 1. The van der Waals surface area contributed by atoms with Crippen LogP contribution in [0.2, 0.25) is 0 Å². The molecular formula is C20H24N6O2. The van der Waals surface area contributed by atoms with Gasteiger partial charge in [-0.05, 0) is 59.0 Å². The van der Waals surface area contributed by atoms with Crippen LogP contribution in [0.1, 0.15) is 23.6 Å². The van der Waals surface area contributed by atoms with Gasteiger partial charge in [0.25, 0.3) is 0 Å². The van der Waals surface area contributed by atoms with E-state index in [0.29, 0.717) is 23.2 Å². The fraction of sp³-hybridized carbons (Fsp3) is 0.400. The van der Waals surface area contributed by atoms with Crippen molar-refractivity contribution in [1.29, 1.82) is 0 Å². The van der Waals surface area contributed by atoms with Crippen LogP contribution in [-0.2, 0) is 4.79 Å². The monoisotopic (exact) mass is 380 g/mol. The predicted molar refractivity (Wildman–Crippen MR) is 105 cm³/mol. The molecule has 0 unspecified atom stereocenters. The lowest BCUT2D eigenvalue weighted by Crippen LogP contribution is -2.26. The zero-order chi connectivity index (χ0) is 19.8. The molecule has 1 aliphatic heterocycles. The number of carbonyl (C=O) groups excluding carboxylic acids is 1. The van der Waals surface area contributed by atoms with Gasteiger partial charge in [-0.3, -0.25) is 4.79 Å². The first-order valence-electron chi connectivity index (χ1n) is 9.38. The highest BCUT2D eigenvalue weighted by atomic mass is 16.3. The molecule has 0 saturated carbocycles. The molecule has 0 bridgehead atoms. The van der Waals surface area contributed by atoms with Crippen LogP contribution < -0.4 is 5.32 Å². The van der Waals surface area contributed by atoms with Gasteiger partial charge in [-0.15, -0.1) is 0 Å². The van der Waals surface area contributed by atoms with E-state index in [4.69, 9.17) is 4.42 Å². The van der Waals surface area contributed by atoms with Crippen LogP contribution in [0.5, 0.6) is 0 Å². The summed E-state index contributed by atoms with van der Waals surface area (Å²) in [4.78, 5) is 24.0. The van der Waals surface area contributed by atoms with Gasteiger partial charge < -0.3 is 14.6 Å². The maximum absolute atomic E-state index is 12.7. The molecule has 8 heteroatoms. The Hall–Kier alpha value is -3.00. The highest BCUT2D eigenvalue weighted by Gasteiger charge is 2.26. The Morgan fingerprint density at radius 2 is 2.04 bits per heavy atom. The second-order valence-corrected chi connectivity index (χ2v) is 7.42. The molecule has 8 nitrogen and oxygen atoms in total. The Labute approximate surface area is 163 Å². The van der Waals surface area contributed by atoms with Gasteiger partial charge in [0.2, 0.25) is 5.91 Å². The van der Waals surface area contributed by atoms with Crippen molar-refractivity contribution in [2.75, 3.05) is 25.5 Å². The summed E-state index contributed by atoms with van der Waals surface area (Å²) >= 11 is 0. The molecule has 0 aromatic carbocycles. The van der Waals surface area contributed by atoms with Crippen LogP contribution in [0, 0.1) is 26.7 Å². The molecule has 3 aromatic heterocycles. The third-order valence-corrected chi connectivity index (χ3v) is 4.91. The molecule has 0 spiro atoms. The molecule has 0 radical (unpaired) electrons. The van der Waals surface area contributed by atoms with E-state index < -0.39 is 0 Å².